The van der Waals surface area contributed by atoms with E-state index in [1.807, 2.05) is 38.1 Å². The maximum absolute atomic E-state index is 11.5. The fourth-order valence-corrected chi connectivity index (χ4v) is 2.71. The molecule has 6 heteroatoms. The Balaban J connectivity index is 1.58. The highest BCUT2D eigenvalue weighted by Crippen LogP contribution is 2.22. The zero-order chi connectivity index (χ0) is 18.5. The first-order valence-electron chi connectivity index (χ1n) is 8.59. The van der Waals surface area contributed by atoms with Gasteiger partial charge in [0.25, 0.3) is 0 Å². The van der Waals surface area contributed by atoms with Crippen molar-refractivity contribution in [1.29, 1.82) is 0 Å². The lowest BCUT2D eigenvalue weighted by atomic mass is 10.1. The van der Waals surface area contributed by atoms with Crippen LogP contribution in [0.3, 0.4) is 0 Å². The number of aromatic nitrogens is 1. The molecule has 3 aromatic rings. The molecule has 0 bridgehead atoms. The Morgan fingerprint density at radius 2 is 2.12 bits per heavy atom. The Kier molecular flexibility index (Phi) is 5.65. The van der Waals surface area contributed by atoms with Crippen LogP contribution in [0.4, 0.5) is 0 Å². The van der Waals surface area contributed by atoms with Gasteiger partial charge < -0.3 is 20.2 Å². The van der Waals surface area contributed by atoms with Crippen LogP contribution >= 0.6 is 0 Å². The molecular weight excluding hydrogens is 330 g/mol. The van der Waals surface area contributed by atoms with Crippen LogP contribution in [0.1, 0.15) is 23.7 Å². The van der Waals surface area contributed by atoms with Crippen molar-refractivity contribution in [1.82, 2.24) is 10.3 Å². The summed E-state index contributed by atoms with van der Waals surface area (Å²) in [5.41, 5.74) is 8.74. The first-order valence-corrected chi connectivity index (χ1v) is 8.59. The largest absolute Gasteiger partial charge is 0.492 e. The maximum Gasteiger partial charge on any atom is 0.336 e. The predicted molar refractivity (Wildman–Crippen MR) is 101 cm³/mol. The van der Waals surface area contributed by atoms with Gasteiger partial charge in [-0.3, -0.25) is 4.98 Å². The van der Waals surface area contributed by atoms with Crippen molar-refractivity contribution in [3.8, 4) is 5.75 Å². The van der Waals surface area contributed by atoms with Crippen molar-refractivity contribution in [3.05, 3.63) is 69.8 Å². The van der Waals surface area contributed by atoms with Gasteiger partial charge in [-0.15, -0.1) is 0 Å². The Hall–Kier alpha value is -2.70. The second-order valence-electron chi connectivity index (χ2n) is 6.36. The molecule has 1 unspecified atom stereocenters. The third kappa shape index (κ3) is 4.47. The van der Waals surface area contributed by atoms with Crippen LogP contribution in [0.25, 0.3) is 11.0 Å². The molecule has 6 nitrogen and oxygen atoms in total. The normalized spacial score (nSPS) is 12.3. The molecule has 26 heavy (non-hydrogen) atoms. The summed E-state index contributed by atoms with van der Waals surface area (Å²) in [6.07, 6.45) is 1.77. The lowest BCUT2D eigenvalue weighted by molar-refractivity contribution is 0.272. The number of pyridine rings is 1. The number of benzene rings is 1. The van der Waals surface area contributed by atoms with Gasteiger partial charge >= 0.3 is 5.63 Å². The molecule has 0 spiro atoms. The smallest absolute Gasteiger partial charge is 0.336 e. The highest BCUT2D eigenvalue weighted by Gasteiger charge is 2.07. The Labute approximate surface area is 152 Å². The lowest BCUT2D eigenvalue weighted by Crippen LogP contribution is -2.31. The average Bonchev–Trinajstić information content (AvgIpc) is 2.64. The number of rotatable bonds is 7. The molecular formula is C20H23N3O3. The van der Waals surface area contributed by atoms with E-state index in [2.05, 4.69) is 10.3 Å². The molecule has 1 atom stereocenters. The van der Waals surface area contributed by atoms with Crippen molar-refractivity contribution < 1.29 is 9.15 Å². The van der Waals surface area contributed by atoms with E-state index < -0.39 is 0 Å². The van der Waals surface area contributed by atoms with Crippen molar-refractivity contribution in [2.45, 2.75) is 33.0 Å². The number of hydrogen-bond acceptors (Lipinski definition) is 6. The third-order valence-electron chi connectivity index (χ3n) is 4.17. The van der Waals surface area contributed by atoms with Crippen LogP contribution in [0.5, 0.6) is 5.75 Å². The molecule has 3 rings (SSSR count). The minimum Gasteiger partial charge on any atom is -0.492 e. The SMILES string of the molecule is Cc1cc(=O)oc2cc(OCC(C)NCc3cc(CN)ccn3)ccc12. The number of hydrogen-bond donors (Lipinski definition) is 2. The summed E-state index contributed by atoms with van der Waals surface area (Å²) < 4.78 is 11.1. The van der Waals surface area contributed by atoms with E-state index in [9.17, 15) is 4.79 Å². The summed E-state index contributed by atoms with van der Waals surface area (Å²) in [7, 11) is 0. The van der Waals surface area contributed by atoms with E-state index >= 15 is 0 Å². The molecule has 0 aliphatic heterocycles. The fraction of sp³-hybridized carbons (Fsp3) is 0.300. The van der Waals surface area contributed by atoms with E-state index in [-0.39, 0.29) is 11.7 Å². The monoisotopic (exact) mass is 353 g/mol. The van der Waals surface area contributed by atoms with Gasteiger partial charge in [-0.05, 0) is 49.2 Å². The molecule has 136 valence electrons. The van der Waals surface area contributed by atoms with Crippen LogP contribution in [-0.2, 0) is 13.1 Å². The van der Waals surface area contributed by atoms with E-state index in [0.29, 0.717) is 31.0 Å². The summed E-state index contributed by atoms with van der Waals surface area (Å²) >= 11 is 0. The molecule has 2 aromatic heterocycles. The maximum atomic E-state index is 11.5. The van der Waals surface area contributed by atoms with Gasteiger partial charge in [-0.1, -0.05) is 0 Å². The molecule has 0 radical (unpaired) electrons. The summed E-state index contributed by atoms with van der Waals surface area (Å²) in [4.78, 5) is 15.8. The van der Waals surface area contributed by atoms with Crippen molar-refractivity contribution >= 4 is 11.0 Å². The lowest BCUT2D eigenvalue weighted by Gasteiger charge is -2.15. The van der Waals surface area contributed by atoms with Gasteiger partial charge in [0.1, 0.15) is 17.9 Å². The first kappa shape index (κ1) is 18.1. The van der Waals surface area contributed by atoms with Crippen LogP contribution < -0.4 is 21.4 Å². The highest BCUT2D eigenvalue weighted by molar-refractivity contribution is 5.81. The Morgan fingerprint density at radius 3 is 2.92 bits per heavy atom. The average molecular weight is 353 g/mol. The van der Waals surface area contributed by atoms with E-state index in [4.69, 9.17) is 14.9 Å². The van der Waals surface area contributed by atoms with Crippen molar-refractivity contribution in [3.63, 3.8) is 0 Å². The van der Waals surface area contributed by atoms with Crippen LogP contribution in [0.2, 0.25) is 0 Å². The molecule has 1 aromatic carbocycles. The number of ether oxygens (including phenoxy) is 1. The van der Waals surface area contributed by atoms with Gasteiger partial charge in [0.2, 0.25) is 0 Å². The van der Waals surface area contributed by atoms with Crippen LogP contribution in [0.15, 0.2) is 51.8 Å². The molecule has 2 heterocycles. The van der Waals surface area contributed by atoms with Crippen LogP contribution in [-0.4, -0.2) is 17.6 Å². The zero-order valence-corrected chi connectivity index (χ0v) is 15.0. The molecule has 0 aliphatic carbocycles. The van der Waals surface area contributed by atoms with Crippen molar-refractivity contribution in [2.75, 3.05) is 6.61 Å². The number of nitrogens with zero attached hydrogens (tertiary/aromatic N) is 1. The Morgan fingerprint density at radius 1 is 1.27 bits per heavy atom. The first-order chi connectivity index (χ1) is 12.5. The number of nitrogens with two attached hydrogens (primary N) is 1. The topological polar surface area (TPSA) is 90.4 Å². The highest BCUT2D eigenvalue weighted by atomic mass is 16.5. The summed E-state index contributed by atoms with van der Waals surface area (Å²) in [5.74, 6) is 0.670. The minimum absolute atomic E-state index is 0.124. The summed E-state index contributed by atoms with van der Waals surface area (Å²) in [6.45, 7) is 5.56. The second-order valence-corrected chi connectivity index (χ2v) is 6.36. The van der Waals surface area contributed by atoms with E-state index in [0.717, 1.165) is 22.2 Å². The van der Waals surface area contributed by atoms with Crippen LogP contribution in [0, 0.1) is 6.92 Å². The van der Waals surface area contributed by atoms with Gasteiger partial charge in [0, 0.05) is 42.8 Å². The molecule has 0 amide bonds. The fourth-order valence-electron chi connectivity index (χ4n) is 2.71. The summed E-state index contributed by atoms with van der Waals surface area (Å²) in [6, 6.07) is 11.1. The van der Waals surface area contributed by atoms with Gasteiger partial charge in [0.15, 0.2) is 0 Å². The predicted octanol–water partition coefficient (Wildman–Crippen LogP) is 2.51. The number of fused-ring (bicyclic) bond motifs is 1. The molecule has 0 aliphatic rings. The second kappa shape index (κ2) is 8.12. The van der Waals surface area contributed by atoms with Gasteiger partial charge in [0.05, 0.1) is 5.69 Å². The molecule has 0 fully saturated rings. The van der Waals surface area contributed by atoms with Gasteiger partial charge in [-0.2, -0.15) is 0 Å². The number of aryl methyl sites for hydroxylation is 1. The standard InChI is InChI=1S/C20H23N3O3/c1-13-7-20(24)26-19-9-17(3-4-18(13)19)25-12-14(2)23-11-16-8-15(10-21)5-6-22-16/h3-9,14,23H,10-12,21H2,1-2H3. The van der Waals surface area contributed by atoms with Crippen molar-refractivity contribution in [2.24, 2.45) is 5.73 Å². The molecule has 3 N–H and O–H groups in total. The summed E-state index contributed by atoms with van der Waals surface area (Å²) in [5, 5.41) is 4.29. The number of nitrogens with one attached hydrogen (secondary N) is 1. The molecule has 0 saturated heterocycles. The third-order valence-corrected chi connectivity index (χ3v) is 4.17. The quantitative estimate of drug-likeness (QED) is 0.634. The minimum atomic E-state index is -0.352. The molecule has 0 saturated carbocycles. The zero-order valence-electron chi connectivity index (χ0n) is 15.0. The van der Waals surface area contributed by atoms with E-state index in [1.54, 1.807) is 12.3 Å². The Bertz CT molecular complexity index is 952. The van der Waals surface area contributed by atoms with E-state index in [1.165, 1.54) is 6.07 Å². The van der Waals surface area contributed by atoms with Gasteiger partial charge in [-0.25, -0.2) is 4.79 Å².